The molecule has 7 rings (SSSR count). The molecule has 2 heterocycles. The number of hydrogen-bond donors (Lipinski definition) is 0. The summed E-state index contributed by atoms with van der Waals surface area (Å²) < 4.78 is 4.56. The van der Waals surface area contributed by atoms with E-state index in [9.17, 15) is 10.1 Å². The lowest BCUT2D eigenvalue weighted by Crippen LogP contribution is -1.97. The van der Waals surface area contributed by atoms with Gasteiger partial charge in [0.25, 0.3) is 5.69 Å². The zero-order valence-electron chi connectivity index (χ0n) is 19.8. The summed E-state index contributed by atoms with van der Waals surface area (Å²) in [5.74, 6) is 0. The van der Waals surface area contributed by atoms with Crippen LogP contribution in [0.2, 0.25) is 0 Å². The highest BCUT2D eigenvalue weighted by molar-refractivity contribution is 6.22. The number of rotatable bonds is 4. The maximum atomic E-state index is 12.0. The van der Waals surface area contributed by atoms with Crippen molar-refractivity contribution in [3.8, 4) is 22.5 Å². The molecule has 0 aliphatic heterocycles. The number of benzene rings is 5. The van der Waals surface area contributed by atoms with Crippen molar-refractivity contribution >= 4 is 38.5 Å². The average molecular weight is 480 g/mol. The van der Waals surface area contributed by atoms with Crippen molar-refractivity contribution in [2.75, 3.05) is 0 Å². The lowest BCUT2D eigenvalue weighted by molar-refractivity contribution is -0.384. The smallest absolute Gasteiger partial charge is 0.277 e. The van der Waals surface area contributed by atoms with Gasteiger partial charge < -0.3 is 9.13 Å². The minimum atomic E-state index is -0.302. The van der Waals surface area contributed by atoms with Gasteiger partial charge in [0.05, 0.1) is 32.6 Å². The van der Waals surface area contributed by atoms with Gasteiger partial charge in [-0.05, 0) is 36.4 Å². The van der Waals surface area contributed by atoms with E-state index in [0.717, 1.165) is 49.8 Å². The molecular formula is C32H21N3O2. The number of nitrogens with zero attached hydrogens (tertiary/aromatic N) is 3. The Labute approximate surface area is 212 Å². The Morgan fingerprint density at radius 1 is 0.486 bits per heavy atom. The van der Waals surface area contributed by atoms with Gasteiger partial charge in [0.15, 0.2) is 0 Å². The molecule has 0 amide bonds. The third-order valence-corrected chi connectivity index (χ3v) is 7.01. The van der Waals surface area contributed by atoms with Crippen LogP contribution in [0.4, 0.5) is 5.69 Å². The second-order valence-corrected chi connectivity index (χ2v) is 9.03. The molecule has 0 aliphatic rings. The van der Waals surface area contributed by atoms with E-state index in [4.69, 9.17) is 0 Å². The molecule has 0 spiro atoms. The molecule has 0 bridgehead atoms. The van der Waals surface area contributed by atoms with Crippen molar-refractivity contribution in [2.24, 2.45) is 0 Å². The maximum Gasteiger partial charge on any atom is 0.277 e. The minimum absolute atomic E-state index is 0.0938. The monoisotopic (exact) mass is 479 g/mol. The number of nitro benzene ring substituents is 1. The summed E-state index contributed by atoms with van der Waals surface area (Å²) in [6.07, 6.45) is 0. The summed E-state index contributed by atoms with van der Waals surface area (Å²) in [5, 5.41) is 14.2. The van der Waals surface area contributed by atoms with Gasteiger partial charge in [-0.25, -0.2) is 0 Å². The molecule has 0 fully saturated rings. The Balaban J connectivity index is 1.75. The first-order valence-corrected chi connectivity index (χ1v) is 12.2. The van der Waals surface area contributed by atoms with E-state index in [1.54, 1.807) is 12.1 Å². The highest BCUT2D eigenvalue weighted by atomic mass is 16.6. The molecule has 0 saturated heterocycles. The van der Waals surface area contributed by atoms with Crippen LogP contribution in [-0.4, -0.2) is 14.1 Å². The van der Waals surface area contributed by atoms with Crippen LogP contribution >= 0.6 is 0 Å². The summed E-state index contributed by atoms with van der Waals surface area (Å²) in [5.41, 5.74) is 7.81. The Bertz CT molecular complexity index is 1950. The lowest BCUT2D eigenvalue weighted by Gasteiger charge is -2.12. The fourth-order valence-electron chi connectivity index (χ4n) is 5.54. The van der Waals surface area contributed by atoms with Crippen LogP contribution in [-0.2, 0) is 0 Å². The van der Waals surface area contributed by atoms with Crippen molar-refractivity contribution < 1.29 is 4.92 Å². The fourth-order valence-corrected chi connectivity index (χ4v) is 5.54. The van der Waals surface area contributed by atoms with Gasteiger partial charge in [-0.3, -0.25) is 10.1 Å². The standard InChI is InChI=1S/C32H21N3O2/c36-35(37)29-21-10-7-16-24(29)25-18-11-19-27-30(25)34(23-14-5-2-6-15-23)31-26-17-8-9-20-28(26)33(32(27)31)22-12-3-1-4-13-22/h1-21H. The summed E-state index contributed by atoms with van der Waals surface area (Å²) in [6, 6.07) is 42.1. The average Bonchev–Trinajstić information content (AvgIpc) is 3.47. The van der Waals surface area contributed by atoms with Gasteiger partial charge in [0.1, 0.15) is 0 Å². The normalized spacial score (nSPS) is 11.5. The van der Waals surface area contributed by atoms with E-state index in [2.05, 4.69) is 63.7 Å². The third kappa shape index (κ3) is 3.11. The molecule has 5 aromatic carbocycles. The van der Waals surface area contributed by atoms with Crippen LogP contribution < -0.4 is 0 Å². The zero-order chi connectivity index (χ0) is 24.9. The van der Waals surface area contributed by atoms with E-state index >= 15 is 0 Å². The highest BCUT2D eigenvalue weighted by Crippen LogP contribution is 2.44. The maximum absolute atomic E-state index is 12.0. The molecule has 0 aliphatic carbocycles. The molecule has 37 heavy (non-hydrogen) atoms. The van der Waals surface area contributed by atoms with Gasteiger partial charge >= 0.3 is 0 Å². The first-order chi connectivity index (χ1) is 18.2. The van der Waals surface area contributed by atoms with Crippen LogP contribution in [0.3, 0.4) is 0 Å². The van der Waals surface area contributed by atoms with E-state index in [-0.39, 0.29) is 10.6 Å². The SMILES string of the molecule is O=[N+]([O-])c1ccccc1-c1cccc2c1n(-c1ccccc1)c1c3ccccc3n(-c3ccccc3)c21. The second-order valence-electron chi connectivity index (χ2n) is 9.03. The van der Waals surface area contributed by atoms with E-state index in [1.807, 2.05) is 60.7 Å². The number of hydrogen-bond acceptors (Lipinski definition) is 2. The predicted molar refractivity (Wildman–Crippen MR) is 150 cm³/mol. The predicted octanol–water partition coefficient (Wildman–Crippen LogP) is 8.30. The molecule has 0 radical (unpaired) electrons. The summed E-state index contributed by atoms with van der Waals surface area (Å²) >= 11 is 0. The summed E-state index contributed by atoms with van der Waals surface area (Å²) in [6.45, 7) is 0. The van der Waals surface area contributed by atoms with Gasteiger partial charge in [-0.2, -0.15) is 0 Å². The van der Waals surface area contributed by atoms with Crippen molar-refractivity contribution in [1.82, 2.24) is 9.13 Å². The Kier molecular flexibility index (Phi) is 4.69. The summed E-state index contributed by atoms with van der Waals surface area (Å²) in [7, 11) is 0. The lowest BCUT2D eigenvalue weighted by atomic mass is 10.0. The number of fused-ring (bicyclic) bond motifs is 5. The first-order valence-electron chi connectivity index (χ1n) is 12.2. The van der Waals surface area contributed by atoms with Crippen LogP contribution in [0.5, 0.6) is 0 Å². The molecular weight excluding hydrogens is 458 g/mol. The van der Waals surface area contributed by atoms with E-state index < -0.39 is 0 Å². The van der Waals surface area contributed by atoms with Gasteiger partial charge in [0, 0.05) is 33.8 Å². The molecule has 7 aromatic rings. The molecule has 0 unspecified atom stereocenters. The molecule has 0 atom stereocenters. The van der Waals surface area contributed by atoms with Gasteiger partial charge in [0.2, 0.25) is 0 Å². The number of aromatic nitrogens is 2. The number of para-hydroxylation sites is 5. The Morgan fingerprint density at radius 2 is 1.03 bits per heavy atom. The van der Waals surface area contributed by atoms with Gasteiger partial charge in [-0.1, -0.05) is 84.9 Å². The Hall–Kier alpha value is -5.16. The minimum Gasteiger partial charge on any atom is -0.307 e. The van der Waals surface area contributed by atoms with Crippen molar-refractivity contribution in [2.45, 2.75) is 0 Å². The molecule has 5 nitrogen and oxygen atoms in total. The van der Waals surface area contributed by atoms with Gasteiger partial charge in [-0.15, -0.1) is 0 Å². The van der Waals surface area contributed by atoms with Crippen molar-refractivity contribution in [1.29, 1.82) is 0 Å². The van der Waals surface area contributed by atoms with E-state index in [1.165, 1.54) is 0 Å². The number of nitro groups is 1. The molecule has 0 saturated carbocycles. The fraction of sp³-hybridized carbons (Fsp3) is 0. The van der Waals surface area contributed by atoms with Crippen LogP contribution in [0.15, 0.2) is 127 Å². The summed E-state index contributed by atoms with van der Waals surface area (Å²) in [4.78, 5) is 11.7. The zero-order valence-corrected chi connectivity index (χ0v) is 19.8. The Morgan fingerprint density at radius 3 is 1.76 bits per heavy atom. The van der Waals surface area contributed by atoms with E-state index in [0.29, 0.717) is 5.56 Å². The van der Waals surface area contributed by atoms with Crippen LogP contribution in [0, 0.1) is 10.1 Å². The highest BCUT2D eigenvalue weighted by Gasteiger charge is 2.25. The molecule has 176 valence electrons. The molecule has 5 heteroatoms. The second kappa shape index (κ2) is 8.21. The van der Waals surface area contributed by atoms with Crippen LogP contribution in [0.1, 0.15) is 0 Å². The van der Waals surface area contributed by atoms with Crippen molar-refractivity contribution in [3.63, 3.8) is 0 Å². The molecule has 2 aromatic heterocycles. The van der Waals surface area contributed by atoms with Crippen LogP contribution in [0.25, 0.3) is 55.3 Å². The largest absolute Gasteiger partial charge is 0.307 e. The first kappa shape index (κ1) is 21.1. The topological polar surface area (TPSA) is 53.0 Å². The van der Waals surface area contributed by atoms with Crippen molar-refractivity contribution in [3.05, 3.63) is 138 Å². The quantitative estimate of drug-likeness (QED) is 0.188. The molecule has 0 N–H and O–H groups in total. The third-order valence-electron chi connectivity index (χ3n) is 7.01.